The van der Waals surface area contributed by atoms with Gasteiger partial charge in [0.15, 0.2) is 0 Å². The molecule has 0 spiro atoms. The summed E-state index contributed by atoms with van der Waals surface area (Å²) in [5.74, 6) is 0. The normalized spacial score (nSPS) is 10.8. The van der Waals surface area contributed by atoms with Gasteiger partial charge in [0, 0.05) is 24.2 Å². The minimum absolute atomic E-state index is 0.634. The summed E-state index contributed by atoms with van der Waals surface area (Å²) < 4.78 is 0. The van der Waals surface area contributed by atoms with Crippen molar-refractivity contribution in [3.05, 3.63) is 34.9 Å². The first-order valence-corrected chi connectivity index (χ1v) is 5.01. The van der Waals surface area contributed by atoms with Crippen molar-refractivity contribution in [2.75, 3.05) is 6.54 Å². The number of nitrogens with one attached hydrogen (secondary N) is 2. The molecule has 2 heterocycles. The summed E-state index contributed by atoms with van der Waals surface area (Å²) in [5, 5.41) is 14.1. The van der Waals surface area contributed by atoms with Crippen molar-refractivity contribution < 1.29 is 0 Å². The number of nitrogens with zero attached hydrogens (tertiary/aromatic N) is 2. The zero-order valence-corrected chi connectivity index (χ0v) is 8.75. The molecule has 4 N–H and O–H groups in total. The van der Waals surface area contributed by atoms with Gasteiger partial charge in [-0.05, 0) is 25.1 Å². The standard InChI is InChI=1S/C10H15N5/c1-7-4-9(14-13-7)5-8-6-12-15-10(8)2-3-11/h4,6H,2-3,5,11H2,1H3,(H,12,15)(H,13,14). The molecule has 80 valence electrons. The molecule has 0 amide bonds. The van der Waals surface area contributed by atoms with Crippen molar-refractivity contribution in [1.82, 2.24) is 20.4 Å². The Hall–Kier alpha value is -1.62. The highest BCUT2D eigenvalue weighted by molar-refractivity contribution is 5.23. The lowest BCUT2D eigenvalue weighted by atomic mass is 10.1. The van der Waals surface area contributed by atoms with Crippen molar-refractivity contribution in [3.8, 4) is 0 Å². The number of aryl methyl sites for hydroxylation is 1. The van der Waals surface area contributed by atoms with E-state index in [2.05, 4.69) is 20.4 Å². The highest BCUT2D eigenvalue weighted by Gasteiger charge is 2.06. The van der Waals surface area contributed by atoms with E-state index in [4.69, 9.17) is 5.73 Å². The van der Waals surface area contributed by atoms with Gasteiger partial charge in [0.2, 0.25) is 0 Å². The molecule has 0 atom stereocenters. The predicted octanol–water partition coefficient (Wildman–Crippen LogP) is 0.533. The average Bonchev–Trinajstić information content (AvgIpc) is 2.78. The summed E-state index contributed by atoms with van der Waals surface area (Å²) >= 11 is 0. The first-order chi connectivity index (χ1) is 7.29. The summed E-state index contributed by atoms with van der Waals surface area (Å²) in [6.07, 6.45) is 3.48. The van der Waals surface area contributed by atoms with Gasteiger partial charge < -0.3 is 5.73 Å². The van der Waals surface area contributed by atoms with Crippen molar-refractivity contribution in [2.24, 2.45) is 5.73 Å². The van der Waals surface area contributed by atoms with E-state index < -0.39 is 0 Å². The monoisotopic (exact) mass is 205 g/mol. The number of aromatic nitrogens is 4. The number of hydrogen-bond acceptors (Lipinski definition) is 3. The predicted molar refractivity (Wildman–Crippen MR) is 57.5 cm³/mol. The maximum absolute atomic E-state index is 5.52. The number of hydrogen-bond donors (Lipinski definition) is 3. The Balaban J connectivity index is 2.13. The van der Waals surface area contributed by atoms with Crippen LogP contribution in [-0.2, 0) is 12.8 Å². The summed E-state index contributed by atoms with van der Waals surface area (Å²) in [6.45, 7) is 2.63. The lowest BCUT2D eigenvalue weighted by molar-refractivity contribution is 0.884. The van der Waals surface area contributed by atoms with E-state index in [-0.39, 0.29) is 0 Å². The van der Waals surface area contributed by atoms with Crippen LogP contribution in [0.3, 0.4) is 0 Å². The summed E-state index contributed by atoms with van der Waals surface area (Å²) in [7, 11) is 0. The van der Waals surface area contributed by atoms with Gasteiger partial charge in [-0.1, -0.05) is 0 Å². The molecule has 2 aromatic heterocycles. The first kappa shape index (κ1) is 9.92. The molecule has 2 rings (SSSR count). The van der Waals surface area contributed by atoms with Gasteiger partial charge in [0.1, 0.15) is 0 Å². The second-order valence-electron chi connectivity index (χ2n) is 3.63. The van der Waals surface area contributed by atoms with Gasteiger partial charge in [-0.15, -0.1) is 0 Å². The Morgan fingerprint density at radius 2 is 2.27 bits per heavy atom. The van der Waals surface area contributed by atoms with Crippen LogP contribution in [0.25, 0.3) is 0 Å². The Kier molecular flexibility index (Phi) is 2.82. The van der Waals surface area contributed by atoms with Crippen LogP contribution in [0.2, 0.25) is 0 Å². The lowest BCUT2D eigenvalue weighted by Gasteiger charge is -1.98. The zero-order chi connectivity index (χ0) is 10.7. The molecule has 0 aromatic carbocycles. The number of H-pyrrole nitrogens is 2. The molecule has 15 heavy (non-hydrogen) atoms. The average molecular weight is 205 g/mol. The number of rotatable bonds is 4. The van der Waals surface area contributed by atoms with Crippen LogP contribution in [0, 0.1) is 6.92 Å². The summed E-state index contributed by atoms with van der Waals surface area (Å²) in [6, 6.07) is 2.04. The third-order valence-electron chi connectivity index (χ3n) is 2.33. The maximum Gasteiger partial charge on any atom is 0.0669 e. The number of nitrogens with two attached hydrogens (primary N) is 1. The molecule has 0 fully saturated rings. The minimum atomic E-state index is 0.634. The molecule has 5 nitrogen and oxygen atoms in total. The molecule has 2 aromatic rings. The number of aromatic amines is 2. The van der Waals surface area contributed by atoms with E-state index in [1.807, 2.05) is 19.2 Å². The SMILES string of the molecule is Cc1cc(Cc2cn[nH]c2CCN)n[nH]1. The zero-order valence-electron chi connectivity index (χ0n) is 8.75. The molecule has 5 heteroatoms. The van der Waals surface area contributed by atoms with Crippen molar-refractivity contribution in [2.45, 2.75) is 19.8 Å². The van der Waals surface area contributed by atoms with Crippen molar-refractivity contribution in [3.63, 3.8) is 0 Å². The largest absolute Gasteiger partial charge is 0.330 e. The second-order valence-corrected chi connectivity index (χ2v) is 3.63. The van der Waals surface area contributed by atoms with Gasteiger partial charge in [-0.25, -0.2) is 0 Å². The molecular weight excluding hydrogens is 190 g/mol. The van der Waals surface area contributed by atoms with Crippen LogP contribution in [0.1, 0.15) is 22.6 Å². The fourth-order valence-corrected chi connectivity index (χ4v) is 1.61. The van der Waals surface area contributed by atoms with E-state index >= 15 is 0 Å². The molecule has 0 aliphatic rings. The highest BCUT2D eigenvalue weighted by Crippen LogP contribution is 2.11. The van der Waals surface area contributed by atoms with Crippen molar-refractivity contribution >= 4 is 0 Å². The lowest BCUT2D eigenvalue weighted by Crippen LogP contribution is -2.05. The molecule has 0 bridgehead atoms. The molecule has 0 radical (unpaired) electrons. The minimum Gasteiger partial charge on any atom is -0.330 e. The molecular formula is C10H15N5. The Morgan fingerprint density at radius 3 is 2.93 bits per heavy atom. The van der Waals surface area contributed by atoms with E-state index in [1.165, 1.54) is 5.56 Å². The van der Waals surface area contributed by atoms with E-state index in [0.717, 1.165) is 29.9 Å². The first-order valence-electron chi connectivity index (χ1n) is 5.01. The fourth-order valence-electron chi connectivity index (χ4n) is 1.61. The van der Waals surface area contributed by atoms with Crippen LogP contribution in [-0.4, -0.2) is 26.9 Å². The molecule has 0 saturated heterocycles. The maximum atomic E-state index is 5.52. The Labute approximate surface area is 88.1 Å². The van der Waals surface area contributed by atoms with Gasteiger partial charge in [-0.2, -0.15) is 10.2 Å². The van der Waals surface area contributed by atoms with Crippen molar-refractivity contribution in [1.29, 1.82) is 0 Å². The third-order valence-corrected chi connectivity index (χ3v) is 2.33. The molecule has 0 unspecified atom stereocenters. The van der Waals surface area contributed by atoms with Crippen LogP contribution < -0.4 is 5.73 Å². The molecule has 0 saturated carbocycles. The smallest absolute Gasteiger partial charge is 0.0669 e. The van der Waals surface area contributed by atoms with Crippen LogP contribution in [0.4, 0.5) is 0 Å². The van der Waals surface area contributed by atoms with Crippen LogP contribution in [0.5, 0.6) is 0 Å². The van der Waals surface area contributed by atoms with Gasteiger partial charge in [0.05, 0.1) is 11.9 Å². The summed E-state index contributed by atoms with van der Waals surface area (Å²) in [5.41, 5.74) is 9.91. The topological polar surface area (TPSA) is 83.4 Å². The van der Waals surface area contributed by atoms with Crippen LogP contribution >= 0.6 is 0 Å². The second kappa shape index (κ2) is 4.27. The highest BCUT2D eigenvalue weighted by atomic mass is 15.1. The Bertz CT molecular complexity index is 428. The molecule has 0 aliphatic carbocycles. The van der Waals surface area contributed by atoms with Gasteiger partial charge >= 0.3 is 0 Å². The van der Waals surface area contributed by atoms with Gasteiger partial charge in [-0.3, -0.25) is 10.2 Å². The molecule has 0 aliphatic heterocycles. The van der Waals surface area contributed by atoms with Crippen LogP contribution in [0.15, 0.2) is 12.3 Å². The summed E-state index contributed by atoms with van der Waals surface area (Å²) in [4.78, 5) is 0. The van der Waals surface area contributed by atoms with E-state index in [9.17, 15) is 0 Å². The van der Waals surface area contributed by atoms with E-state index in [1.54, 1.807) is 0 Å². The fraction of sp³-hybridized carbons (Fsp3) is 0.400. The quantitative estimate of drug-likeness (QED) is 0.681. The van der Waals surface area contributed by atoms with E-state index in [0.29, 0.717) is 6.54 Å². The third kappa shape index (κ3) is 2.24. The Morgan fingerprint density at radius 1 is 1.40 bits per heavy atom. The van der Waals surface area contributed by atoms with Gasteiger partial charge in [0.25, 0.3) is 0 Å².